The number of rotatable bonds is 10. The lowest BCUT2D eigenvalue weighted by Gasteiger charge is -2.13. The Kier molecular flexibility index (Phi) is 7.92. The van der Waals surface area contributed by atoms with Crippen LogP contribution in [0.1, 0.15) is 5.56 Å². The van der Waals surface area contributed by atoms with Crippen LogP contribution in [0.4, 0.5) is 11.4 Å². The van der Waals surface area contributed by atoms with Gasteiger partial charge in [-0.25, -0.2) is 0 Å². The maximum Gasteiger partial charge on any atom is 0.322 e. The third-order valence-corrected chi connectivity index (χ3v) is 4.05. The number of methoxy groups -OCH3 is 4. The highest BCUT2D eigenvalue weighted by molar-refractivity contribution is 6.02. The Hall–Kier alpha value is -3.88. The summed E-state index contributed by atoms with van der Waals surface area (Å²) in [7, 11) is 6.02. The number of nitrogens with one attached hydrogen (secondary N) is 2. The highest BCUT2D eigenvalue weighted by atomic mass is 16.5. The second kappa shape index (κ2) is 10.6. The molecule has 9 heteroatoms. The SMILES string of the molecule is COc1cc(OC)c(/C=C/C(=O)Nc2ccc(OC)c(NCC(=O)O)c2)c(OC)c1. The van der Waals surface area contributed by atoms with Gasteiger partial charge in [0.15, 0.2) is 0 Å². The van der Waals surface area contributed by atoms with E-state index in [1.165, 1.54) is 34.5 Å². The van der Waals surface area contributed by atoms with Crippen LogP contribution in [0.3, 0.4) is 0 Å². The summed E-state index contributed by atoms with van der Waals surface area (Å²) in [5, 5.41) is 14.3. The number of benzene rings is 2. The molecule has 0 saturated heterocycles. The number of carboxylic acid groups (broad SMARTS) is 1. The van der Waals surface area contributed by atoms with Crippen LogP contribution in [0.5, 0.6) is 23.0 Å². The van der Waals surface area contributed by atoms with Crippen LogP contribution >= 0.6 is 0 Å². The first kappa shape index (κ1) is 22.4. The number of carboxylic acids is 1. The van der Waals surface area contributed by atoms with Gasteiger partial charge in [-0.2, -0.15) is 0 Å². The van der Waals surface area contributed by atoms with Crippen molar-refractivity contribution in [1.82, 2.24) is 0 Å². The summed E-state index contributed by atoms with van der Waals surface area (Å²) in [5.41, 5.74) is 1.49. The molecule has 0 heterocycles. The van der Waals surface area contributed by atoms with Gasteiger partial charge >= 0.3 is 5.97 Å². The highest BCUT2D eigenvalue weighted by Crippen LogP contribution is 2.35. The third-order valence-electron chi connectivity index (χ3n) is 4.05. The van der Waals surface area contributed by atoms with Gasteiger partial charge in [0.05, 0.1) is 39.7 Å². The lowest BCUT2D eigenvalue weighted by atomic mass is 10.1. The van der Waals surface area contributed by atoms with E-state index in [4.69, 9.17) is 24.1 Å². The summed E-state index contributed by atoms with van der Waals surface area (Å²) in [5.74, 6) is 0.572. The second-order valence-electron chi connectivity index (χ2n) is 5.93. The fraction of sp³-hybridized carbons (Fsp3) is 0.238. The Morgan fingerprint density at radius 1 is 0.933 bits per heavy atom. The van der Waals surface area contributed by atoms with Crippen LogP contribution in [0.25, 0.3) is 6.08 Å². The number of amides is 1. The molecule has 0 unspecified atom stereocenters. The van der Waals surface area contributed by atoms with Crippen LogP contribution in [0, 0.1) is 0 Å². The van der Waals surface area contributed by atoms with Gasteiger partial charge in [0.1, 0.15) is 29.5 Å². The average molecular weight is 416 g/mol. The van der Waals surface area contributed by atoms with Crippen molar-refractivity contribution >= 4 is 29.3 Å². The molecule has 30 heavy (non-hydrogen) atoms. The standard InChI is InChI=1S/C21H24N2O7/c1-27-14-10-18(29-3)15(19(11-14)30-4)6-8-20(24)23-13-5-7-17(28-2)16(9-13)22-12-21(25)26/h5-11,22H,12H2,1-4H3,(H,23,24)(H,25,26)/b8-6+. The topological polar surface area (TPSA) is 115 Å². The summed E-state index contributed by atoms with van der Waals surface area (Å²) in [6.07, 6.45) is 2.90. The monoisotopic (exact) mass is 416 g/mol. The molecule has 9 nitrogen and oxygen atoms in total. The van der Waals surface area contributed by atoms with Crippen LogP contribution in [-0.4, -0.2) is 52.0 Å². The largest absolute Gasteiger partial charge is 0.496 e. The number of carbonyl (C=O) groups excluding carboxylic acids is 1. The molecule has 0 radical (unpaired) electrons. The van der Waals surface area contributed by atoms with E-state index >= 15 is 0 Å². The van der Waals surface area contributed by atoms with Gasteiger partial charge in [-0.15, -0.1) is 0 Å². The first-order chi connectivity index (χ1) is 14.4. The summed E-state index contributed by atoms with van der Waals surface area (Å²) >= 11 is 0. The van der Waals surface area contributed by atoms with Gasteiger partial charge < -0.3 is 34.7 Å². The zero-order chi connectivity index (χ0) is 22.1. The van der Waals surface area contributed by atoms with E-state index in [0.29, 0.717) is 39.9 Å². The normalized spacial score (nSPS) is 10.4. The van der Waals surface area contributed by atoms with E-state index in [9.17, 15) is 9.59 Å². The first-order valence-corrected chi connectivity index (χ1v) is 8.84. The Morgan fingerprint density at radius 2 is 1.57 bits per heavy atom. The average Bonchev–Trinajstić information content (AvgIpc) is 2.75. The molecule has 0 atom stereocenters. The van der Waals surface area contributed by atoms with Gasteiger partial charge in [-0.3, -0.25) is 9.59 Å². The summed E-state index contributed by atoms with van der Waals surface area (Å²) in [6.45, 7) is -0.287. The van der Waals surface area contributed by atoms with Crippen LogP contribution in [0.2, 0.25) is 0 Å². The highest BCUT2D eigenvalue weighted by Gasteiger charge is 2.12. The van der Waals surface area contributed by atoms with Crippen LogP contribution < -0.4 is 29.6 Å². The number of hydrogen-bond donors (Lipinski definition) is 3. The molecule has 1 amide bonds. The minimum atomic E-state index is -1.02. The van der Waals surface area contributed by atoms with E-state index in [2.05, 4.69) is 10.6 Å². The third kappa shape index (κ3) is 5.81. The van der Waals surface area contributed by atoms with E-state index in [0.717, 1.165) is 0 Å². The molecule has 0 fully saturated rings. The molecular formula is C21H24N2O7. The Balaban J connectivity index is 2.20. The number of anilines is 2. The van der Waals surface area contributed by atoms with Crippen molar-refractivity contribution in [2.75, 3.05) is 45.6 Å². The summed E-state index contributed by atoms with van der Waals surface area (Å²) in [6, 6.07) is 8.22. The van der Waals surface area contributed by atoms with Crippen molar-refractivity contribution in [3.63, 3.8) is 0 Å². The molecule has 0 spiro atoms. The summed E-state index contributed by atoms with van der Waals surface area (Å²) in [4.78, 5) is 23.2. The zero-order valence-electron chi connectivity index (χ0n) is 17.1. The maximum absolute atomic E-state index is 12.4. The second-order valence-corrected chi connectivity index (χ2v) is 5.93. The molecule has 2 aromatic carbocycles. The van der Waals surface area contributed by atoms with Crippen molar-refractivity contribution in [2.45, 2.75) is 0 Å². The number of carbonyl (C=O) groups is 2. The van der Waals surface area contributed by atoms with Crippen molar-refractivity contribution in [3.8, 4) is 23.0 Å². The fourth-order valence-corrected chi connectivity index (χ4v) is 2.63. The number of ether oxygens (including phenoxy) is 4. The molecular weight excluding hydrogens is 392 g/mol. The quantitative estimate of drug-likeness (QED) is 0.507. The van der Waals surface area contributed by atoms with Gasteiger partial charge in [0.25, 0.3) is 0 Å². The molecule has 0 aliphatic rings. The van der Waals surface area contributed by atoms with Crippen molar-refractivity contribution in [1.29, 1.82) is 0 Å². The van der Waals surface area contributed by atoms with Gasteiger partial charge in [-0.05, 0) is 24.3 Å². The van der Waals surface area contributed by atoms with E-state index in [1.54, 1.807) is 36.4 Å². The van der Waals surface area contributed by atoms with Crippen molar-refractivity contribution in [3.05, 3.63) is 42.0 Å². The van der Waals surface area contributed by atoms with Gasteiger partial charge in [-0.1, -0.05) is 0 Å². The first-order valence-electron chi connectivity index (χ1n) is 8.84. The Labute approximate surface area is 174 Å². The van der Waals surface area contributed by atoms with Gasteiger partial charge in [0.2, 0.25) is 5.91 Å². The van der Waals surface area contributed by atoms with E-state index in [-0.39, 0.29) is 6.54 Å². The molecule has 0 aromatic heterocycles. The van der Waals surface area contributed by atoms with E-state index < -0.39 is 11.9 Å². The van der Waals surface area contributed by atoms with Crippen molar-refractivity contribution in [2.24, 2.45) is 0 Å². The molecule has 2 aromatic rings. The molecule has 160 valence electrons. The molecule has 0 aliphatic heterocycles. The maximum atomic E-state index is 12.4. The lowest BCUT2D eigenvalue weighted by Crippen LogP contribution is -2.13. The molecule has 0 aliphatic carbocycles. The minimum Gasteiger partial charge on any atom is -0.496 e. The predicted molar refractivity (Wildman–Crippen MR) is 113 cm³/mol. The van der Waals surface area contributed by atoms with Crippen molar-refractivity contribution < 1.29 is 33.6 Å². The number of hydrogen-bond acceptors (Lipinski definition) is 7. The molecule has 0 bridgehead atoms. The minimum absolute atomic E-state index is 0.287. The predicted octanol–water partition coefficient (Wildman–Crippen LogP) is 2.87. The van der Waals surface area contributed by atoms with Gasteiger partial charge in [0, 0.05) is 23.9 Å². The Bertz CT molecular complexity index is 916. The summed E-state index contributed by atoms with van der Waals surface area (Å²) < 4.78 is 21.1. The Morgan fingerprint density at radius 3 is 2.10 bits per heavy atom. The van der Waals surface area contributed by atoms with Crippen LogP contribution in [0.15, 0.2) is 36.4 Å². The molecule has 0 saturated carbocycles. The smallest absolute Gasteiger partial charge is 0.322 e. The molecule has 3 N–H and O–H groups in total. The number of aliphatic carboxylic acids is 1. The molecule has 2 rings (SSSR count). The zero-order valence-corrected chi connectivity index (χ0v) is 17.1. The van der Waals surface area contributed by atoms with E-state index in [1.807, 2.05) is 0 Å². The lowest BCUT2D eigenvalue weighted by molar-refractivity contribution is -0.134. The van der Waals surface area contributed by atoms with Crippen LogP contribution in [-0.2, 0) is 9.59 Å². The fourth-order valence-electron chi connectivity index (χ4n) is 2.63.